The minimum Gasteiger partial charge on any atom is -0.496 e. The number of carbonyl (C=O) groups excluding carboxylic acids is 1. The van der Waals surface area contributed by atoms with Crippen molar-refractivity contribution in [3.63, 3.8) is 0 Å². The standard InChI is InChI=1S/C20H23FN4O2/c1-27-15-8-3-2-7-12(15)16-14(21)10-9-13(17(16)22)18(23)19(24)20(26)25-11-5-4-6-11/h2-3,7-11H,4-6,22-24H2,1H3,(H,25,26)/b19-18+. The second-order valence-electron chi connectivity index (χ2n) is 6.51. The van der Waals surface area contributed by atoms with Gasteiger partial charge in [0.15, 0.2) is 0 Å². The van der Waals surface area contributed by atoms with Crippen LogP contribution in [0.4, 0.5) is 10.1 Å². The van der Waals surface area contributed by atoms with Gasteiger partial charge in [0.25, 0.3) is 5.91 Å². The summed E-state index contributed by atoms with van der Waals surface area (Å²) in [6.07, 6.45) is 2.93. The van der Waals surface area contributed by atoms with Gasteiger partial charge < -0.3 is 27.3 Å². The highest BCUT2D eigenvalue weighted by Crippen LogP contribution is 2.38. The first-order valence-corrected chi connectivity index (χ1v) is 8.71. The number of nitrogen functional groups attached to an aromatic ring is 1. The van der Waals surface area contributed by atoms with Crippen LogP contribution in [0.1, 0.15) is 24.8 Å². The van der Waals surface area contributed by atoms with Gasteiger partial charge in [0.1, 0.15) is 17.3 Å². The SMILES string of the molecule is COc1ccccc1-c1c(F)ccc(/C(N)=C(\N)C(=O)NC2CCC2)c1N. The van der Waals surface area contributed by atoms with Gasteiger partial charge in [0.2, 0.25) is 0 Å². The third-order valence-electron chi connectivity index (χ3n) is 4.84. The maximum Gasteiger partial charge on any atom is 0.269 e. The van der Waals surface area contributed by atoms with Gasteiger partial charge in [-0.15, -0.1) is 0 Å². The predicted molar refractivity (Wildman–Crippen MR) is 104 cm³/mol. The minimum atomic E-state index is -0.522. The number of halogens is 1. The van der Waals surface area contributed by atoms with Gasteiger partial charge in [-0.3, -0.25) is 4.79 Å². The molecule has 7 heteroatoms. The molecule has 6 nitrogen and oxygen atoms in total. The smallest absolute Gasteiger partial charge is 0.269 e. The molecule has 1 amide bonds. The number of amides is 1. The number of carbonyl (C=O) groups is 1. The minimum absolute atomic E-state index is 0.0143. The predicted octanol–water partition coefficient (Wildman–Crippen LogP) is 2.34. The molecule has 0 spiro atoms. The third kappa shape index (κ3) is 3.53. The highest BCUT2D eigenvalue weighted by Gasteiger charge is 2.23. The van der Waals surface area contributed by atoms with E-state index in [4.69, 9.17) is 21.9 Å². The molecule has 3 rings (SSSR count). The molecule has 27 heavy (non-hydrogen) atoms. The molecule has 0 heterocycles. The van der Waals surface area contributed by atoms with Crippen LogP contribution in [-0.2, 0) is 4.79 Å². The summed E-state index contributed by atoms with van der Waals surface area (Å²) < 4.78 is 19.9. The van der Waals surface area contributed by atoms with E-state index < -0.39 is 11.7 Å². The molecule has 2 aromatic rings. The van der Waals surface area contributed by atoms with Crippen LogP contribution in [-0.4, -0.2) is 19.1 Å². The lowest BCUT2D eigenvalue weighted by atomic mass is 9.93. The summed E-state index contributed by atoms with van der Waals surface area (Å²) in [5.41, 5.74) is 19.2. The highest BCUT2D eigenvalue weighted by molar-refractivity contribution is 6.02. The quantitative estimate of drug-likeness (QED) is 0.476. The maximum atomic E-state index is 14.6. The topological polar surface area (TPSA) is 116 Å². The van der Waals surface area contributed by atoms with Gasteiger partial charge in [-0.25, -0.2) is 4.39 Å². The van der Waals surface area contributed by atoms with Crippen molar-refractivity contribution in [3.8, 4) is 16.9 Å². The first-order chi connectivity index (χ1) is 12.9. The summed E-state index contributed by atoms with van der Waals surface area (Å²) in [7, 11) is 1.49. The van der Waals surface area contributed by atoms with Crippen molar-refractivity contribution in [3.05, 3.63) is 53.5 Å². The molecule has 1 fully saturated rings. The molecule has 7 N–H and O–H groups in total. The Hall–Kier alpha value is -3.22. The first-order valence-electron chi connectivity index (χ1n) is 8.71. The van der Waals surface area contributed by atoms with Crippen molar-refractivity contribution in [2.75, 3.05) is 12.8 Å². The maximum absolute atomic E-state index is 14.6. The molecule has 1 saturated carbocycles. The summed E-state index contributed by atoms with van der Waals surface area (Å²) in [6.45, 7) is 0. The Balaban J connectivity index is 2.04. The molecule has 0 bridgehead atoms. The van der Waals surface area contributed by atoms with E-state index in [2.05, 4.69) is 5.32 Å². The lowest BCUT2D eigenvalue weighted by Crippen LogP contribution is -2.42. The lowest BCUT2D eigenvalue weighted by Gasteiger charge is -2.26. The van der Waals surface area contributed by atoms with Crippen LogP contribution in [0, 0.1) is 5.82 Å². The Morgan fingerprint density at radius 1 is 1.19 bits per heavy atom. The van der Waals surface area contributed by atoms with E-state index >= 15 is 0 Å². The van der Waals surface area contributed by atoms with Gasteiger partial charge >= 0.3 is 0 Å². The Kier molecular flexibility index (Phi) is 5.21. The van der Waals surface area contributed by atoms with E-state index in [1.165, 1.54) is 19.2 Å². The number of benzene rings is 2. The van der Waals surface area contributed by atoms with E-state index in [1.807, 2.05) is 0 Å². The molecule has 0 unspecified atom stereocenters. The largest absolute Gasteiger partial charge is 0.496 e. The first kappa shape index (κ1) is 18.6. The lowest BCUT2D eigenvalue weighted by molar-refractivity contribution is -0.118. The Morgan fingerprint density at radius 3 is 2.52 bits per heavy atom. The van der Waals surface area contributed by atoms with E-state index in [0.717, 1.165) is 19.3 Å². The third-order valence-corrected chi connectivity index (χ3v) is 4.84. The van der Waals surface area contributed by atoms with E-state index in [1.54, 1.807) is 24.3 Å². The fourth-order valence-electron chi connectivity index (χ4n) is 3.04. The molecule has 0 radical (unpaired) electrons. The second-order valence-corrected chi connectivity index (χ2v) is 6.51. The zero-order valence-corrected chi connectivity index (χ0v) is 15.1. The number of nitrogens with two attached hydrogens (primary N) is 3. The van der Waals surface area contributed by atoms with Crippen LogP contribution in [0.3, 0.4) is 0 Å². The molecule has 0 aliphatic heterocycles. The average molecular weight is 370 g/mol. The molecule has 0 saturated heterocycles. The Labute approximate surface area is 157 Å². The number of hydrogen-bond donors (Lipinski definition) is 4. The van der Waals surface area contributed by atoms with Crippen LogP contribution < -0.4 is 27.3 Å². The van der Waals surface area contributed by atoms with Crippen molar-refractivity contribution in [1.82, 2.24) is 5.32 Å². The van der Waals surface area contributed by atoms with Gasteiger partial charge in [-0.1, -0.05) is 18.2 Å². The normalized spacial score (nSPS) is 14.9. The van der Waals surface area contributed by atoms with Gasteiger partial charge in [0, 0.05) is 22.7 Å². The number of hydrogen-bond acceptors (Lipinski definition) is 5. The zero-order valence-electron chi connectivity index (χ0n) is 15.1. The van der Waals surface area contributed by atoms with Crippen molar-refractivity contribution < 1.29 is 13.9 Å². The average Bonchev–Trinajstić information content (AvgIpc) is 2.64. The molecule has 1 aliphatic carbocycles. The second kappa shape index (κ2) is 7.57. The molecule has 142 valence electrons. The molecular formula is C20H23FN4O2. The van der Waals surface area contributed by atoms with Crippen molar-refractivity contribution in [2.45, 2.75) is 25.3 Å². The van der Waals surface area contributed by atoms with E-state index in [9.17, 15) is 9.18 Å². The number of para-hydroxylation sites is 1. The summed E-state index contributed by atoms with van der Waals surface area (Å²) in [6, 6.07) is 9.73. The Bertz CT molecular complexity index is 907. The molecule has 0 atom stereocenters. The number of nitrogens with one attached hydrogen (secondary N) is 1. The molecule has 0 aromatic heterocycles. The zero-order chi connectivity index (χ0) is 19.6. The highest BCUT2D eigenvalue weighted by atomic mass is 19.1. The van der Waals surface area contributed by atoms with Gasteiger partial charge in [-0.05, 0) is 37.5 Å². The van der Waals surface area contributed by atoms with Gasteiger partial charge in [-0.2, -0.15) is 0 Å². The van der Waals surface area contributed by atoms with Crippen LogP contribution >= 0.6 is 0 Å². The Morgan fingerprint density at radius 2 is 1.89 bits per heavy atom. The number of methoxy groups -OCH3 is 1. The van der Waals surface area contributed by atoms with Crippen LogP contribution in [0.15, 0.2) is 42.1 Å². The molecule has 1 aliphatic rings. The fourth-order valence-corrected chi connectivity index (χ4v) is 3.04. The van der Waals surface area contributed by atoms with Crippen LogP contribution in [0.5, 0.6) is 5.75 Å². The van der Waals surface area contributed by atoms with E-state index in [0.29, 0.717) is 16.9 Å². The summed E-state index contributed by atoms with van der Waals surface area (Å²) in [4.78, 5) is 12.3. The molecular weight excluding hydrogens is 347 g/mol. The van der Waals surface area contributed by atoms with Crippen molar-refractivity contribution >= 4 is 17.3 Å². The molecule has 2 aromatic carbocycles. The summed E-state index contributed by atoms with van der Waals surface area (Å²) in [5.74, 6) is -0.496. The summed E-state index contributed by atoms with van der Waals surface area (Å²) in [5, 5.41) is 2.83. The summed E-state index contributed by atoms with van der Waals surface area (Å²) >= 11 is 0. The fraction of sp³-hybridized carbons (Fsp3) is 0.250. The van der Waals surface area contributed by atoms with E-state index in [-0.39, 0.29) is 28.7 Å². The monoisotopic (exact) mass is 370 g/mol. The van der Waals surface area contributed by atoms with Crippen LogP contribution in [0.2, 0.25) is 0 Å². The number of anilines is 1. The number of ether oxygens (including phenoxy) is 1. The van der Waals surface area contributed by atoms with Crippen LogP contribution in [0.25, 0.3) is 16.8 Å². The van der Waals surface area contributed by atoms with Gasteiger partial charge in [0.05, 0.1) is 18.5 Å². The van der Waals surface area contributed by atoms with Crippen molar-refractivity contribution in [2.24, 2.45) is 11.5 Å². The number of rotatable bonds is 5. The van der Waals surface area contributed by atoms with Crippen molar-refractivity contribution in [1.29, 1.82) is 0 Å².